The minimum Gasteiger partial charge on any atom is -0.352 e. The molecule has 2 aromatic rings. The SMILES string of the molecule is CC(C)c1ccc(C#CC#C[C]2[CH][CH][C](C#CC#Cc3ccc(C(C)C)cc3C#C[Si](C(C)C)(C(C)C)C(C)C)[C]2C2OCCCO2)c(C#C[Si](C(C)C)(C(C)C)C(C)C)c1.[CH]1[CH][CH][CH][CH]1.[Fe]. The molecule has 352 valence electrons. The van der Waals surface area contributed by atoms with E-state index in [1.54, 1.807) is 0 Å². The van der Waals surface area contributed by atoms with Crippen molar-refractivity contribution in [2.75, 3.05) is 13.2 Å². The molecule has 10 radical (unpaired) electrons. The zero-order valence-corrected chi connectivity index (χ0v) is 46.6. The van der Waals surface area contributed by atoms with Crippen LogP contribution < -0.4 is 0 Å². The topological polar surface area (TPSA) is 18.5 Å². The predicted octanol–water partition coefficient (Wildman–Crippen LogP) is 14.4. The molecular weight excluding hydrogens is 889 g/mol. The summed E-state index contributed by atoms with van der Waals surface area (Å²) in [7, 11) is -3.85. The summed E-state index contributed by atoms with van der Waals surface area (Å²) in [6.45, 7) is 38.3. The summed E-state index contributed by atoms with van der Waals surface area (Å²) >= 11 is 0. The molecule has 2 aliphatic carbocycles. The van der Waals surface area contributed by atoms with Gasteiger partial charge in [0.05, 0.1) is 31.0 Å². The van der Waals surface area contributed by atoms with Gasteiger partial charge in [-0.15, -0.1) is 11.1 Å². The van der Waals surface area contributed by atoms with Gasteiger partial charge in [0.15, 0.2) is 6.29 Å². The Labute approximate surface area is 424 Å². The van der Waals surface area contributed by atoms with Gasteiger partial charge >= 0.3 is 0 Å². The van der Waals surface area contributed by atoms with Gasteiger partial charge in [0, 0.05) is 39.3 Å². The molecule has 2 aromatic carbocycles. The molecule has 67 heavy (non-hydrogen) atoms. The largest absolute Gasteiger partial charge is 0.352 e. The molecule has 3 aliphatic rings. The van der Waals surface area contributed by atoms with Crippen LogP contribution >= 0.6 is 0 Å². The van der Waals surface area contributed by atoms with Crippen LogP contribution in [-0.2, 0) is 26.5 Å². The number of ether oxygens (including phenoxy) is 2. The van der Waals surface area contributed by atoms with Crippen LogP contribution in [0, 0.1) is 133 Å². The molecule has 0 unspecified atom stereocenters. The maximum atomic E-state index is 6.10. The molecule has 2 saturated carbocycles. The summed E-state index contributed by atoms with van der Waals surface area (Å²) in [6.07, 6.45) is 14.3. The molecule has 5 heteroatoms. The van der Waals surface area contributed by atoms with E-state index in [9.17, 15) is 0 Å². The average Bonchev–Trinajstić information content (AvgIpc) is 3.99. The molecule has 0 N–H and O–H groups in total. The molecule has 3 fully saturated rings. The standard InChI is InChI=1S/C57H71O2Si2.C5H5.Fe/c1-40(2)52-30-26-48(54(38-52)32-36-60(42(5)6,43(7)8)44(9)10)22-17-19-24-50-28-29-51(56(50)57-58-34-21-35-59-57)25-20-18-23-49-27-31-53(41(3)4)39-55(49)33-37-61(45(11)12,46(13)14)47(15)16;1-2-4-5-3-1;/h26-31,38-47,57H,21,34-35H2,1-16H3;1-5H;. The quantitative estimate of drug-likeness (QED) is 0.184. The minimum atomic E-state index is -1.92. The molecule has 1 saturated heterocycles. The Morgan fingerprint density at radius 3 is 1.07 bits per heavy atom. The summed E-state index contributed by atoms with van der Waals surface area (Å²) in [5.41, 5.74) is 17.5. The van der Waals surface area contributed by atoms with Gasteiger partial charge in [-0.05, 0) is 156 Å². The van der Waals surface area contributed by atoms with Crippen LogP contribution in [0.4, 0.5) is 0 Å². The van der Waals surface area contributed by atoms with Crippen molar-refractivity contribution in [3.05, 3.63) is 132 Å². The molecule has 0 amide bonds. The van der Waals surface area contributed by atoms with E-state index in [1.807, 2.05) is 44.9 Å². The van der Waals surface area contributed by atoms with Crippen LogP contribution in [0.15, 0.2) is 36.4 Å². The van der Waals surface area contributed by atoms with Gasteiger partial charge in [0.2, 0.25) is 0 Å². The van der Waals surface area contributed by atoms with E-state index < -0.39 is 22.4 Å². The second kappa shape index (κ2) is 27.8. The van der Waals surface area contributed by atoms with Gasteiger partial charge in [-0.1, -0.05) is 158 Å². The average molecular weight is 965 g/mol. The van der Waals surface area contributed by atoms with Crippen LogP contribution in [0.25, 0.3) is 0 Å². The molecule has 5 rings (SSSR count). The van der Waals surface area contributed by atoms with E-state index in [1.165, 1.54) is 11.1 Å². The molecule has 0 atom stereocenters. The third-order valence-electron chi connectivity index (χ3n) is 13.5. The van der Waals surface area contributed by atoms with Crippen LogP contribution in [0.1, 0.15) is 162 Å². The third-order valence-corrected chi connectivity index (χ3v) is 26.1. The minimum absolute atomic E-state index is 0. The van der Waals surface area contributed by atoms with E-state index >= 15 is 0 Å². The van der Waals surface area contributed by atoms with Gasteiger partial charge in [0.1, 0.15) is 16.1 Å². The number of rotatable bonds is 9. The van der Waals surface area contributed by atoms with Crippen molar-refractivity contribution in [2.45, 2.75) is 169 Å². The van der Waals surface area contributed by atoms with Gasteiger partial charge in [-0.2, -0.15) is 0 Å². The fraction of sp³-hybridized carbons (Fsp3) is 0.452. The van der Waals surface area contributed by atoms with Crippen molar-refractivity contribution >= 4 is 16.1 Å². The maximum absolute atomic E-state index is 6.10. The molecule has 0 bridgehead atoms. The number of hydrogen-bond acceptors (Lipinski definition) is 2. The third kappa shape index (κ3) is 15.3. The Morgan fingerprint density at radius 1 is 0.433 bits per heavy atom. The van der Waals surface area contributed by atoms with E-state index in [2.05, 4.69) is 217 Å². The van der Waals surface area contributed by atoms with Gasteiger partial charge in [-0.3, -0.25) is 0 Å². The predicted molar refractivity (Wildman–Crippen MR) is 286 cm³/mol. The smallest absolute Gasteiger partial charge is 0.167 e. The molecule has 1 aliphatic heterocycles. The molecule has 0 spiro atoms. The van der Waals surface area contributed by atoms with Crippen molar-refractivity contribution in [3.8, 4) is 70.3 Å². The molecule has 2 nitrogen and oxygen atoms in total. The van der Waals surface area contributed by atoms with E-state index in [0.29, 0.717) is 58.3 Å². The van der Waals surface area contributed by atoms with E-state index in [4.69, 9.17) is 9.47 Å². The summed E-state index contributed by atoms with van der Waals surface area (Å²) in [5.74, 6) is 36.5. The van der Waals surface area contributed by atoms with Crippen LogP contribution in [0.5, 0.6) is 0 Å². The first-order valence-electron chi connectivity index (χ1n) is 24.4. The first-order valence-corrected chi connectivity index (χ1v) is 28.9. The Kier molecular flexibility index (Phi) is 24.0. The van der Waals surface area contributed by atoms with Crippen LogP contribution in [0.3, 0.4) is 0 Å². The summed E-state index contributed by atoms with van der Waals surface area (Å²) in [4.78, 5) is 0. The Balaban J connectivity index is 0.00000185. The second-order valence-electron chi connectivity index (χ2n) is 20.2. The molecular formula is C62H76FeO2Si2. The first-order chi connectivity index (χ1) is 31.4. The molecule has 1 heterocycles. The monoisotopic (exact) mass is 964 g/mol. The van der Waals surface area contributed by atoms with Crippen molar-refractivity contribution < 1.29 is 26.5 Å². The zero-order chi connectivity index (χ0) is 48.6. The van der Waals surface area contributed by atoms with E-state index in [-0.39, 0.29) is 17.1 Å². The van der Waals surface area contributed by atoms with Crippen molar-refractivity contribution in [1.82, 2.24) is 0 Å². The summed E-state index contributed by atoms with van der Waals surface area (Å²) < 4.78 is 12.2. The van der Waals surface area contributed by atoms with Crippen molar-refractivity contribution in [1.29, 1.82) is 0 Å². The fourth-order valence-electron chi connectivity index (χ4n) is 9.82. The molecule has 0 aromatic heterocycles. The number of hydrogen-bond donors (Lipinski definition) is 0. The zero-order valence-electron chi connectivity index (χ0n) is 43.5. The van der Waals surface area contributed by atoms with Crippen LogP contribution in [-0.4, -0.2) is 35.7 Å². The fourth-order valence-corrected chi connectivity index (χ4v) is 20.3. The summed E-state index contributed by atoms with van der Waals surface area (Å²) in [5, 5.41) is 0. The number of benzene rings is 2. The first kappa shape index (κ1) is 58.0. The van der Waals surface area contributed by atoms with E-state index in [0.717, 1.165) is 46.4 Å². The summed E-state index contributed by atoms with van der Waals surface area (Å²) in [6, 6.07) is 13.0. The van der Waals surface area contributed by atoms with Crippen LogP contribution in [0.2, 0.25) is 33.2 Å². The Hall–Kier alpha value is -3.33. The van der Waals surface area contributed by atoms with Crippen molar-refractivity contribution in [2.24, 2.45) is 0 Å². The van der Waals surface area contributed by atoms with Gasteiger partial charge < -0.3 is 9.47 Å². The van der Waals surface area contributed by atoms with Gasteiger partial charge in [-0.25, -0.2) is 0 Å². The normalized spacial score (nSPS) is 15.9. The maximum Gasteiger partial charge on any atom is 0.167 e. The van der Waals surface area contributed by atoms with Crippen molar-refractivity contribution in [3.63, 3.8) is 0 Å². The second-order valence-corrected chi connectivity index (χ2v) is 31.3. The Morgan fingerprint density at radius 2 is 0.761 bits per heavy atom. The van der Waals surface area contributed by atoms with Gasteiger partial charge in [0.25, 0.3) is 0 Å². The Bertz CT molecular complexity index is 2090.